The molecule has 0 saturated heterocycles. The number of fused-ring (bicyclic) bond motifs is 4. The third-order valence-corrected chi connectivity index (χ3v) is 18.1. The van der Waals surface area contributed by atoms with Crippen molar-refractivity contribution in [3.63, 3.8) is 0 Å². The molecule has 0 saturated carbocycles. The van der Waals surface area contributed by atoms with Crippen LogP contribution >= 0.6 is 0 Å². The van der Waals surface area contributed by atoms with Crippen molar-refractivity contribution >= 4 is 32.8 Å². The van der Waals surface area contributed by atoms with E-state index in [0.29, 0.717) is 33.8 Å². The Hall–Kier alpha value is -10.4. The lowest BCUT2D eigenvalue weighted by atomic mass is 9.78. The minimum absolute atomic E-state index is 0.0372. The summed E-state index contributed by atoms with van der Waals surface area (Å²) in [4.78, 5) is 4.93. The summed E-state index contributed by atoms with van der Waals surface area (Å²) in [7, 11) is 0. The standard InChI is InChI=1S/C92H88N4O/c1-88(2,3)70-42-43-93-86(56-70)96-82-37-26-25-36-78(82)79-40-39-77(58-84(79)96)97-76-35-27-34-75(57-76)94-59-95(83-41-38-63(53-85(83)94)66-47-71(89(4,5)6)54-72(48-66)90(7,8)9)87-80(68-45-64(60-28-19-16-20-29-60)44-65(46-68)61-30-21-17-22-31-61)51-67(62-32-23-18-24-33-62)52-81(87)69-49-73(91(10,11)12)55-74(50-69)92(13,14)15/h16-58H,1-15H3/i16D,17D,18D,19D,20D,21D,22D,23D,24D,28D,29D,30D,31D,32D,33D,44D,45D,46D. The normalized spacial score (nSPS) is 15.1. The summed E-state index contributed by atoms with van der Waals surface area (Å²) < 4.78 is 183. The first kappa shape index (κ1) is 45.9. The van der Waals surface area contributed by atoms with E-state index in [9.17, 15) is 15.1 Å². The Morgan fingerprint density at radius 1 is 0.371 bits per heavy atom. The molecule has 11 aromatic carbocycles. The number of hydrogen-bond acceptors (Lipinski definition) is 2. The third kappa shape index (κ3) is 12.8. The smallest absolute Gasteiger partial charge is 0.269 e. The summed E-state index contributed by atoms with van der Waals surface area (Å²) in [6.45, 7) is 31.9. The van der Waals surface area contributed by atoms with Crippen molar-refractivity contribution in [1.82, 2.24) is 14.1 Å². The summed E-state index contributed by atoms with van der Waals surface area (Å²) >= 11 is 0. The van der Waals surface area contributed by atoms with E-state index in [1.807, 2.05) is 102 Å². The van der Waals surface area contributed by atoms with Crippen molar-refractivity contribution in [2.45, 2.75) is 131 Å². The van der Waals surface area contributed by atoms with Crippen LogP contribution < -0.4 is 9.30 Å². The highest BCUT2D eigenvalue weighted by atomic mass is 16.5. The molecule has 5 nitrogen and oxygen atoms in total. The highest BCUT2D eigenvalue weighted by molar-refractivity contribution is 6.09. The molecule has 5 heteroatoms. The monoisotopic (exact) mass is 1280 g/mol. The Morgan fingerprint density at radius 2 is 0.866 bits per heavy atom. The molecule has 0 aliphatic rings. The highest BCUT2D eigenvalue weighted by Gasteiger charge is 2.29. The van der Waals surface area contributed by atoms with Crippen LogP contribution in [0.4, 0.5) is 0 Å². The van der Waals surface area contributed by atoms with Crippen LogP contribution in [0.2, 0.25) is 0 Å². The van der Waals surface area contributed by atoms with Gasteiger partial charge >= 0.3 is 0 Å². The second-order valence-electron chi connectivity index (χ2n) is 30.3. The second-order valence-corrected chi connectivity index (χ2v) is 30.3. The van der Waals surface area contributed by atoms with Gasteiger partial charge in [-0.1, -0.05) is 267 Å². The molecule has 3 aromatic heterocycles. The summed E-state index contributed by atoms with van der Waals surface area (Å²) in [6.07, 6.45) is 5.61. The average Bonchev–Trinajstić information content (AvgIpc) is 1.70. The van der Waals surface area contributed by atoms with Crippen molar-refractivity contribution in [3.8, 4) is 95.5 Å². The predicted octanol–water partition coefficient (Wildman–Crippen LogP) is 24.5. The summed E-state index contributed by atoms with van der Waals surface area (Å²) in [6, 6.07) is 33.4. The van der Waals surface area contributed by atoms with Crippen molar-refractivity contribution < 1.29 is 34.0 Å². The number of imidazole rings is 1. The summed E-state index contributed by atoms with van der Waals surface area (Å²) in [5.41, 5.74) is 5.29. The van der Waals surface area contributed by atoms with Crippen molar-refractivity contribution in [1.29, 1.82) is 0 Å². The maximum atomic E-state index is 10.8. The number of nitrogens with zero attached hydrogens (tertiary/aromatic N) is 4. The molecule has 0 atom stereocenters. The molecule has 482 valence electrons. The van der Waals surface area contributed by atoms with Crippen molar-refractivity contribution in [2.24, 2.45) is 0 Å². The van der Waals surface area contributed by atoms with Crippen LogP contribution in [0.25, 0.3) is 117 Å². The largest absolute Gasteiger partial charge is 0.458 e. The highest BCUT2D eigenvalue weighted by Crippen LogP contribution is 2.45. The maximum absolute atomic E-state index is 10.8. The van der Waals surface area contributed by atoms with Crippen molar-refractivity contribution in [3.05, 3.63) is 295 Å². The van der Waals surface area contributed by atoms with Gasteiger partial charge in [-0.05, 0) is 207 Å². The number of para-hydroxylation sites is 1. The Bertz CT molecular complexity index is 6210. The van der Waals surface area contributed by atoms with Crippen LogP contribution in [0.3, 0.4) is 0 Å². The molecule has 97 heavy (non-hydrogen) atoms. The third-order valence-electron chi connectivity index (χ3n) is 18.1. The fourth-order valence-corrected chi connectivity index (χ4v) is 12.5. The molecular weight excluding hydrogens is 1180 g/mol. The van der Waals surface area contributed by atoms with Gasteiger partial charge in [0.25, 0.3) is 6.33 Å². The van der Waals surface area contributed by atoms with E-state index in [4.69, 9.17) is 19.3 Å². The SMILES string of the molecule is [2H]c1c([2H])c([2H])c(-c2cc(-c3cc(C(C)(C)C)cc(C(C)(C)C)c3)c(-[n+]3[c-]n(-c4cccc(Oc5ccc6c7ccccc7n(-c7cc(C(C)(C)C)ccn7)c6c5)c4)c4cc(-c5cc(C(C)(C)C)cc(C(C)(C)C)c5)ccc43)c(-c3c([2H])c(-c4c([2H])c([2H])c([2H])c([2H])c4[2H])c([2H])c(-c4c([2H])c([2H])c([2H])c([2H])c4[2H])c3[2H])c2)c([2H])c1[2H]. The van der Waals surface area contributed by atoms with E-state index in [1.165, 1.54) is 6.07 Å². The Balaban J connectivity index is 1.16. The van der Waals surface area contributed by atoms with Crippen LogP contribution in [0.15, 0.2) is 261 Å². The summed E-state index contributed by atoms with van der Waals surface area (Å²) in [5.74, 6) is 1.67. The van der Waals surface area contributed by atoms with Crippen LogP contribution in [-0.4, -0.2) is 14.1 Å². The number of pyridine rings is 1. The quantitative estimate of drug-likeness (QED) is 0.0956. The maximum Gasteiger partial charge on any atom is 0.269 e. The Morgan fingerprint density at radius 3 is 1.43 bits per heavy atom. The molecule has 0 spiro atoms. The zero-order valence-corrected chi connectivity index (χ0v) is 57.6. The average molecular weight is 1280 g/mol. The molecule has 0 unspecified atom stereocenters. The molecule has 0 aliphatic heterocycles. The fourth-order valence-electron chi connectivity index (χ4n) is 12.5. The van der Waals surface area contributed by atoms with E-state index in [-0.39, 0.29) is 44.2 Å². The molecule has 14 aromatic rings. The van der Waals surface area contributed by atoms with E-state index < -0.39 is 147 Å². The zero-order valence-electron chi connectivity index (χ0n) is 75.6. The molecule has 0 bridgehead atoms. The molecule has 0 amide bonds. The number of hydrogen-bond donors (Lipinski definition) is 0. The minimum Gasteiger partial charge on any atom is -0.458 e. The van der Waals surface area contributed by atoms with Gasteiger partial charge < -0.3 is 4.74 Å². The van der Waals surface area contributed by atoms with Crippen LogP contribution in [0, 0.1) is 6.33 Å². The summed E-state index contributed by atoms with van der Waals surface area (Å²) in [5, 5.41) is 2.01. The van der Waals surface area contributed by atoms with Gasteiger partial charge in [-0.25, -0.2) is 4.98 Å². The number of aromatic nitrogens is 4. The van der Waals surface area contributed by atoms with E-state index in [1.54, 1.807) is 10.6 Å². The fraction of sp³-hybridized carbons (Fsp3) is 0.217. The van der Waals surface area contributed by atoms with Crippen LogP contribution in [0.1, 0.15) is 156 Å². The Labute approximate surface area is 599 Å². The Kier molecular flexibility index (Phi) is 11.5. The molecule has 14 rings (SSSR count). The van der Waals surface area contributed by atoms with Gasteiger partial charge in [-0.3, -0.25) is 13.7 Å². The van der Waals surface area contributed by atoms with Gasteiger partial charge in [0.2, 0.25) is 0 Å². The van der Waals surface area contributed by atoms with E-state index in [2.05, 4.69) is 157 Å². The predicted molar refractivity (Wildman–Crippen MR) is 408 cm³/mol. The van der Waals surface area contributed by atoms with E-state index in [0.717, 1.165) is 66.6 Å². The first-order chi connectivity index (χ1) is 53.7. The van der Waals surface area contributed by atoms with Crippen molar-refractivity contribution in [2.75, 3.05) is 0 Å². The number of ether oxygens (including phenoxy) is 1. The minimum atomic E-state index is -0.882. The lowest BCUT2D eigenvalue weighted by Gasteiger charge is -2.27. The molecule has 3 heterocycles. The van der Waals surface area contributed by atoms with Gasteiger partial charge in [0.05, 0.1) is 58.1 Å². The molecular formula is C92H88N4O. The van der Waals surface area contributed by atoms with Crippen LogP contribution in [-0.2, 0) is 27.1 Å². The first-order valence-corrected chi connectivity index (χ1v) is 32.8. The second kappa shape index (κ2) is 24.4. The van der Waals surface area contributed by atoms with Gasteiger partial charge in [0.15, 0.2) is 0 Å². The number of rotatable bonds is 11. The van der Waals surface area contributed by atoms with Gasteiger partial charge in [0, 0.05) is 23.0 Å². The first-order valence-electron chi connectivity index (χ1n) is 41.8. The van der Waals surface area contributed by atoms with Gasteiger partial charge in [0.1, 0.15) is 17.3 Å². The molecule has 0 N–H and O–H groups in total. The zero-order chi connectivity index (χ0) is 83.6. The van der Waals surface area contributed by atoms with Gasteiger partial charge in [-0.2, -0.15) is 0 Å². The molecule has 0 fully saturated rings. The lowest BCUT2D eigenvalue weighted by molar-refractivity contribution is -0.571. The van der Waals surface area contributed by atoms with Crippen LogP contribution in [0.5, 0.6) is 11.5 Å². The molecule has 0 aliphatic carbocycles. The lowest BCUT2D eigenvalue weighted by Crippen LogP contribution is -2.31. The van der Waals surface area contributed by atoms with Gasteiger partial charge in [-0.15, -0.1) is 0 Å². The number of benzene rings is 11. The van der Waals surface area contributed by atoms with E-state index >= 15 is 0 Å². The topological polar surface area (TPSA) is 35.9 Å². The molecule has 0 radical (unpaired) electrons.